The summed E-state index contributed by atoms with van der Waals surface area (Å²) in [6, 6.07) is 0.389. The number of nitrogens with one attached hydrogen (secondary N) is 1. The first-order valence-electron chi connectivity index (χ1n) is 7.64. The molecule has 0 radical (unpaired) electrons. The molecule has 0 aromatic rings. The summed E-state index contributed by atoms with van der Waals surface area (Å²) in [5.41, 5.74) is 5.76. The van der Waals surface area contributed by atoms with Crippen molar-refractivity contribution >= 4 is 5.91 Å². The summed E-state index contributed by atoms with van der Waals surface area (Å²) in [6.45, 7) is 5.25. The van der Waals surface area contributed by atoms with Crippen LogP contribution in [0.3, 0.4) is 0 Å². The van der Waals surface area contributed by atoms with E-state index in [1.807, 2.05) is 0 Å². The largest absolute Gasteiger partial charge is 0.353 e. The van der Waals surface area contributed by atoms with Crippen LogP contribution in [0, 0.1) is 23.7 Å². The zero-order valence-electron chi connectivity index (χ0n) is 11.8. The lowest BCUT2D eigenvalue weighted by molar-refractivity contribution is -0.127. The Labute approximate surface area is 111 Å². The third kappa shape index (κ3) is 2.87. The number of carbonyl (C=O) groups excluding carboxylic acids is 1. The summed E-state index contributed by atoms with van der Waals surface area (Å²) in [5, 5.41) is 3.31. The summed E-state index contributed by atoms with van der Waals surface area (Å²) in [5.74, 6) is 2.22. The molecule has 0 spiro atoms. The van der Waals surface area contributed by atoms with Crippen LogP contribution in [-0.2, 0) is 4.79 Å². The van der Waals surface area contributed by atoms with Crippen LogP contribution in [0.1, 0.15) is 52.4 Å². The lowest BCUT2D eigenvalue weighted by Gasteiger charge is -2.35. The maximum absolute atomic E-state index is 12.4. The second kappa shape index (κ2) is 6.05. The third-order valence-corrected chi connectivity index (χ3v) is 5.33. The van der Waals surface area contributed by atoms with Gasteiger partial charge in [0.1, 0.15) is 0 Å². The Morgan fingerprint density at radius 3 is 2.61 bits per heavy atom. The van der Waals surface area contributed by atoms with Crippen LogP contribution in [0.5, 0.6) is 0 Å². The number of hydrogen-bond donors (Lipinski definition) is 2. The van der Waals surface area contributed by atoms with E-state index < -0.39 is 0 Å². The highest BCUT2D eigenvalue weighted by molar-refractivity contribution is 5.79. The molecule has 5 atom stereocenters. The van der Waals surface area contributed by atoms with E-state index in [-0.39, 0.29) is 11.8 Å². The molecule has 0 aromatic heterocycles. The van der Waals surface area contributed by atoms with Crippen LogP contribution >= 0.6 is 0 Å². The smallest absolute Gasteiger partial charge is 0.223 e. The predicted octanol–water partition coefficient (Wildman–Crippen LogP) is 2.30. The van der Waals surface area contributed by atoms with Crippen molar-refractivity contribution in [2.45, 2.75) is 58.4 Å². The van der Waals surface area contributed by atoms with Crippen molar-refractivity contribution in [1.82, 2.24) is 5.32 Å². The van der Waals surface area contributed by atoms with Crippen molar-refractivity contribution < 1.29 is 4.79 Å². The van der Waals surface area contributed by atoms with E-state index in [4.69, 9.17) is 5.73 Å². The van der Waals surface area contributed by atoms with Gasteiger partial charge in [0.2, 0.25) is 5.91 Å². The Morgan fingerprint density at radius 2 is 1.89 bits per heavy atom. The number of amides is 1. The minimum Gasteiger partial charge on any atom is -0.353 e. The molecule has 18 heavy (non-hydrogen) atoms. The summed E-state index contributed by atoms with van der Waals surface area (Å²) in [6.07, 6.45) is 7.03. The summed E-state index contributed by atoms with van der Waals surface area (Å²) in [7, 11) is 0. The normalized spacial score (nSPS) is 40.7. The highest BCUT2D eigenvalue weighted by Gasteiger charge is 2.35. The quantitative estimate of drug-likeness (QED) is 0.810. The summed E-state index contributed by atoms with van der Waals surface area (Å²) in [4.78, 5) is 12.4. The van der Waals surface area contributed by atoms with Crippen molar-refractivity contribution in [3.8, 4) is 0 Å². The van der Waals surface area contributed by atoms with Gasteiger partial charge in [-0.1, -0.05) is 33.1 Å². The maximum Gasteiger partial charge on any atom is 0.223 e. The average molecular weight is 252 g/mol. The molecule has 3 N–H and O–H groups in total. The molecule has 0 saturated heterocycles. The van der Waals surface area contributed by atoms with E-state index in [0.717, 1.165) is 31.6 Å². The number of hydrogen-bond acceptors (Lipinski definition) is 2. The lowest BCUT2D eigenvalue weighted by Crippen LogP contribution is -2.47. The van der Waals surface area contributed by atoms with Gasteiger partial charge in [-0.25, -0.2) is 0 Å². The third-order valence-electron chi connectivity index (χ3n) is 5.33. The molecule has 0 aliphatic heterocycles. The van der Waals surface area contributed by atoms with Gasteiger partial charge in [-0.05, 0) is 43.6 Å². The molecule has 0 bridgehead atoms. The van der Waals surface area contributed by atoms with Crippen molar-refractivity contribution in [1.29, 1.82) is 0 Å². The lowest BCUT2D eigenvalue weighted by atomic mass is 9.78. The fourth-order valence-electron chi connectivity index (χ4n) is 3.74. The first-order valence-corrected chi connectivity index (χ1v) is 7.64. The Bertz CT molecular complexity index is 292. The molecule has 2 aliphatic rings. The standard InChI is InChI=1S/C15H28N2O/c1-10-5-3-8-14(11(10)2)17-15(18)13-7-4-6-12(13)9-16/h10-14H,3-9,16H2,1-2H3,(H,17,18)/t10?,11?,12-,13-,14?/m1/s1. The topological polar surface area (TPSA) is 55.1 Å². The highest BCUT2D eigenvalue weighted by Crippen LogP contribution is 2.33. The van der Waals surface area contributed by atoms with Crippen LogP contribution in [0.25, 0.3) is 0 Å². The molecule has 0 aromatic carbocycles. The number of rotatable bonds is 3. The Kier molecular flexibility index (Phi) is 4.66. The number of nitrogens with two attached hydrogens (primary N) is 1. The Balaban J connectivity index is 1.90. The zero-order chi connectivity index (χ0) is 13.1. The van der Waals surface area contributed by atoms with E-state index in [1.54, 1.807) is 0 Å². The van der Waals surface area contributed by atoms with Crippen LogP contribution < -0.4 is 11.1 Å². The molecule has 2 aliphatic carbocycles. The number of carbonyl (C=O) groups is 1. The molecule has 1 amide bonds. The van der Waals surface area contributed by atoms with Gasteiger partial charge in [-0.2, -0.15) is 0 Å². The van der Waals surface area contributed by atoms with Crippen LogP contribution in [-0.4, -0.2) is 18.5 Å². The first-order chi connectivity index (χ1) is 8.63. The fraction of sp³-hybridized carbons (Fsp3) is 0.933. The monoisotopic (exact) mass is 252 g/mol. The molecule has 3 nitrogen and oxygen atoms in total. The van der Waals surface area contributed by atoms with E-state index >= 15 is 0 Å². The second-order valence-electron chi connectivity index (χ2n) is 6.42. The van der Waals surface area contributed by atoms with E-state index in [9.17, 15) is 4.79 Å². The summed E-state index contributed by atoms with van der Waals surface area (Å²) >= 11 is 0. The molecule has 0 heterocycles. The van der Waals surface area contributed by atoms with E-state index in [1.165, 1.54) is 12.8 Å². The molecular formula is C15H28N2O. The van der Waals surface area contributed by atoms with Crippen LogP contribution in [0.4, 0.5) is 0 Å². The second-order valence-corrected chi connectivity index (χ2v) is 6.42. The van der Waals surface area contributed by atoms with Crippen molar-refractivity contribution in [2.75, 3.05) is 6.54 Å². The highest BCUT2D eigenvalue weighted by atomic mass is 16.2. The van der Waals surface area contributed by atoms with Gasteiger partial charge >= 0.3 is 0 Å². The van der Waals surface area contributed by atoms with E-state index in [0.29, 0.717) is 24.4 Å². The minimum absolute atomic E-state index is 0.180. The van der Waals surface area contributed by atoms with Gasteiger partial charge in [0.25, 0.3) is 0 Å². The molecule has 3 unspecified atom stereocenters. The molecule has 104 valence electrons. The zero-order valence-corrected chi connectivity index (χ0v) is 11.8. The van der Waals surface area contributed by atoms with Crippen LogP contribution in [0.15, 0.2) is 0 Å². The predicted molar refractivity (Wildman–Crippen MR) is 74.0 cm³/mol. The van der Waals surface area contributed by atoms with Gasteiger partial charge in [0, 0.05) is 12.0 Å². The molecule has 2 rings (SSSR count). The van der Waals surface area contributed by atoms with Gasteiger partial charge in [-0.3, -0.25) is 4.79 Å². The average Bonchev–Trinajstić information content (AvgIpc) is 2.83. The fourth-order valence-corrected chi connectivity index (χ4v) is 3.74. The maximum atomic E-state index is 12.4. The van der Waals surface area contributed by atoms with Gasteiger partial charge in [0.15, 0.2) is 0 Å². The van der Waals surface area contributed by atoms with Gasteiger partial charge < -0.3 is 11.1 Å². The van der Waals surface area contributed by atoms with Crippen molar-refractivity contribution in [2.24, 2.45) is 29.4 Å². The van der Waals surface area contributed by atoms with E-state index in [2.05, 4.69) is 19.2 Å². The van der Waals surface area contributed by atoms with Crippen LogP contribution in [0.2, 0.25) is 0 Å². The molecule has 2 saturated carbocycles. The van der Waals surface area contributed by atoms with Crippen molar-refractivity contribution in [3.05, 3.63) is 0 Å². The molecule has 3 heteroatoms. The molecule has 2 fully saturated rings. The Hall–Kier alpha value is -0.570. The molecular weight excluding hydrogens is 224 g/mol. The van der Waals surface area contributed by atoms with Crippen molar-refractivity contribution in [3.63, 3.8) is 0 Å². The van der Waals surface area contributed by atoms with Gasteiger partial charge in [-0.15, -0.1) is 0 Å². The SMILES string of the molecule is CC1CCCC(NC(=O)[C@@H]2CCC[C@@H]2CN)C1C. The minimum atomic E-state index is 0.180. The Morgan fingerprint density at radius 1 is 1.17 bits per heavy atom. The van der Waals surface area contributed by atoms with Gasteiger partial charge in [0.05, 0.1) is 0 Å². The summed E-state index contributed by atoms with van der Waals surface area (Å²) < 4.78 is 0. The first kappa shape index (κ1) is 13.9.